The molecule has 4 nitrogen and oxygen atoms in total. The molecule has 2 atom stereocenters. The third-order valence-corrected chi connectivity index (χ3v) is 1.38. The van der Waals surface area contributed by atoms with E-state index in [0.717, 1.165) is 14.2 Å². The monoisotopic (exact) mass is 201 g/mol. The van der Waals surface area contributed by atoms with Crippen molar-refractivity contribution in [3.8, 4) is 0 Å². The molecule has 0 bridgehead atoms. The Labute approximate surface area is 72.8 Å². The summed E-state index contributed by atoms with van der Waals surface area (Å²) in [6.07, 6.45) is -7.01. The molecular formula is C6H10F3NO3. The summed E-state index contributed by atoms with van der Waals surface area (Å²) in [5, 5.41) is 0. The van der Waals surface area contributed by atoms with Crippen LogP contribution in [0.4, 0.5) is 13.2 Å². The fraction of sp³-hybridized carbons (Fsp3) is 0.833. The van der Waals surface area contributed by atoms with Gasteiger partial charge < -0.3 is 15.2 Å². The maximum atomic E-state index is 12.1. The summed E-state index contributed by atoms with van der Waals surface area (Å²) < 4.78 is 44.3. The van der Waals surface area contributed by atoms with Crippen LogP contribution < -0.4 is 5.73 Å². The van der Waals surface area contributed by atoms with E-state index in [4.69, 9.17) is 5.73 Å². The number of hydrogen-bond donors (Lipinski definition) is 1. The van der Waals surface area contributed by atoms with Gasteiger partial charge >= 0.3 is 12.1 Å². The second kappa shape index (κ2) is 4.43. The van der Waals surface area contributed by atoms with Crippen molar-refractivity contribution in [1.29, 1.82) is 0 Å². The highest BCUT2D eigenvalue weighted by Gasteiger charge is 2.47. The lowest BCUT2D eigenvalue weighted by Gasteiger charge is -2.22. The van der Waals surface area contributed by atoms with Crippen molar-refractivity contribution in [2.45, 2.75) is 18.3 Å². The third-order valence-electron chi connectivity index (χ3n) is 1.38. The van der Waals surface area contributed by atoms with Crippen molar-refractivity contribution in [3.63, 3.8) is 0 Å². The van der Waals surface area contributed by atoms with Crippen molar-refractivity contribution in [2.24, 2.45) is 5.73 Å². The Kier molecular flexibility index (Phi) is 4.15. The summed E-state index contributed by atoms with van der Waals surface area (Å²) in [6, 6.07) is -1.85. The van der Waals surface area contributed by atoms with Crippen LogP contribution in [0.1, 0.15) is 0 Å². The van der Waals surface area contributed by atoms with Crippen molar-refractivity contribution < 1.29 is 27.4 Å². The predicted octanol–water partition coefficient (Wildman–Crippen LogP) is 0.0640. The van der Waals surface area contributed by atoms with Crippen LogP contribution >= 0.6 is 0 Å². The quantitative estimate of drug-likeness (QED) is 0.656. The Bertz CT molecular complexity index is 182. The van der Waals surface area contributed by atoms with Gasteiger partial charge in [-0.15, -0.1) is 0 Å². The van der Waals surface area contributed by atoms with Crippen molar-refractivity contribution in [3.05, 3.63) is 0 Å². The van der Waals surface area contributed by atoms with Crippen LogP contribution in [0.25, 0.3) is 0 Å². The standard InChI is InChI=1S/C6H10F3NO3/c1-12-4(6(7,8)9)3(10)5(11)13-2/h3-4H,10H2,1-2H3. The molecule has 7 heteroatoms. The summed E-state index contributed by atoms with van der Waals surface area (Å²) in [5.74, 6) is -1.16. The van der Waals surface area contributed by atoms with Crippen molar-refractivity contribution >= 4 is 5.97 Å². The summed E-state index contributed by atoms with van der Waals surface area (Å²) in [6.45, 7) is 0. The van der Waals surface area contributed by atoms with Gasteiger partial charge in [-0.1, -0.05) is 0 Å². The highest BCUT2D eigenvalue weighted by atomic mass is 19.4. The first kappa shape index (κ1) is 12.2. The molecule has 0 aromatic heterocycles. The predicted molar refractivity (Wildman–Crippen MR) is 36.8 cm³/mol. The largest absolute Gasteiger partial charge is 0.468 e. The van der Waals surface area contributed by atoms with E-state index in [1.165, 1.54) is 0 Å². The first-order valence-corrected chi connectivity index (χ1v) is 3.27. The highest BCUT2D eigenvalue weighted by molar-refractivity contribution is 5.76. The van der Waals surface area contributed by atoms with Crippen LogP contribution in [-0.2, 0) is 14.3 Å². The van der Waals surface area contributed by atoms with E-state index in [2.05, 4.69) is 9.47 Å². The fourth-order valence-corrected chi connectivity index (χ4v) is 0.744. The van der Waals surface area contributed by atoms with E-state index in [-0.39, 0.29) is 0 Å². The molecule has 0 rings (SSSR count). The van der Waals surface area contributed by atoms with Gasteiger partial charge in [0.2, 0.25) is 0 Å². The summed E-state index contributed by atoms with van der Waals surface area (Å²) in [7, 11) is 1.77. The van der Waals surface area contributed by atoms with Crippen molar-refractivity contribution in [2.75, 3.05) is 14.2 Å². The molecule has 0 aromatic rings. The van der Waals surface area contributed by atoms with Crippen LogP contribution in [0, 0.1) is 0 Å². The summed E-state index contributed by atoms with van der Waals surface area (Å²) >= 11 is 0. The molecule has 0 heterocycles. The van der Waals surface area contributed by atoms with E-state index in [9.17, 15) is 18.0 Å². The smallest absolute Gasteiger partial charge is 0.416 e. The van der Waals surface area contributed by atoms with Gasteiger partial charge in [0.1, 0.15) is 6.04 Å². The molecule has 0 spiro atoms. The third kappa shape index (κ3) is 3.19. The zero-order valence-corrected chi connectivity index (χ0v) is 7.09. The minimum atomic E-state index is -4.68. The number of hydrogen-bond acceptors (Lipinski definition) is 4. The molecule has 0 saturated carbocycles. The molecule has 2 unspecified atom stereocenters. The Balaban J connectivity index is 4.50. The molecule has 0 radical (unpaired) electrons. The van der Waals surface area contributed by atoms with E-state index in [0.29, 0.717) is 0 Å². The zero-order chi connectivity index (χ0) is 10.6. The number of methoxy groups -OCH3 is 2. The minimum Gasteiger partial charge on any atom is -0.468 e. The number of esters is 1. The average molecular weight is 201 g/mol. The topological polar surface area (TPSA) is 61.5 Å². The lowest BCUT2D eigenvalue weighted by Crippen LogP contribution is -2.51. The number of carbonyl (C=O) groups is 1. The van der Waals surface area contributed by atoms with Crippen LogP contribution in [0.15, 0.2) is 0 Å². The Morgan fingerprint density at radius 1 is 1.38 bits per heavy atom. The second-order valence-corrected chi connectivity index (χ2v) is 2.25. The van der Waals surface area contributed by atoms with Gasteiger partial charge in [-0.3, -0.25) is 4.79 Å². The molecule has 0 fully saturated rings. The van der Waals surface area contributed by atoms with Gasteiger partial charge in [-0.05, 0) is 0 Å². The number of alkyl halides is 3. The molecule has 0 amide bonds. The molecule has 13 heavy (non-hydrogen) atoms. The maximum absolute atomic E-state index is 12.1. The van der Waals surface area contributed by atoms with Crippen LogP contribution in [0.3, 0.4) is 0 Å². The number of ether oxygens (including phenoxy) is 2. The number of rotatable bonds is 3. The average Bonchev–Trinajstić information content (AvgIpc) is 2.01. The Morgan fingerprint density at radius 3 is 2.08 bits per heavy atom. The van der Waals surface area contributed by atoms with E-state index in [1.54, 1.807) is 0 Å². The summed E-state index contributed by atoms with van der Waals surface area (Å²) in [4.78, 5) is 10.6. The van der Waals surface area contributed by atoms with Crippen molar-refractivity contribution in [1.82, 2.24) is 0 Å². The van der Waals surface area contributed by atoms with Gasteiger partial charge in [0.25, 0.3) is 0 Å². The van der Waals surface area contributed by atoms with Gasteiger partial charge in [-0.25, -0.2) is 0 Å². The van der Waals surface area contributed by atoms with E-state index < -0.39 is 24.3 Å². The second-order valence-electron chi connectivity index (χ2n) is 2.25. The highest BCUT2D eigenvalue weighted by Crippen LogP contribution is 2.24. The molecule has 2 N–H and O–H groups in total. The first-order valence-electron chi connectivity index (χ1n) is 3.27. The summed E-state index contributed by atoms with van der Waals surface area (Å²) in [5.41, 5.74) is 4.95. The molecular weight excluding hydrogens is 191 g/mol. The molecule has 0 aliphatic rings. The fourth-order valence-electron chi connectivity index (χ4n) is 0.744. The van der Waals surface area contributed by atoms with E-state index in [1.807, 2.05) is 0 Å². The van der Waals surface area contributed by atoms with Gasteiger partial charge in [0.15, 0.2) is 6.10 Å². The van der Waals surface area contributed by atoms with Crippen LogP contribution in [0.2, 0.25) is 0 Å². The molecule has 0 saturated heterocycles. The molecule has 78 valence electrons. The lowest BCUT2D eigenvalue weighted by molar-refractivity contribution is -0.221. The minimum absolute atomic E-state index is 0.820. The Morgan fingerprint density at radius 2 is 1.85 bits per heavy atom. The van der Waals surface area contributed by atoms with Gasteiger partial charge in [-0.2, -0.15) is 13.2 Å². The normalized spacial score (nSPS) is 16.5. The SMILES string of the molecule is COC(=O)C(N)C(OC)C(F)(F)F. The van der Waals surface area contributed by atoms with E-state index >= 15 is 0 Å². The Hall–Kier alpha value is -0.820. The number of halogens is 3. The van der Waals surface area contributed by atoms with Gasteiger partial charge in [0.05, 0.1) is 7.11 Å². The number of carbonyl (C=O) groups excluding carboxylic acids is 1. The zero-order valence-electron chi connectivity index (χ0n) is 7.09. The molecule has 0 aliphatic heterocycles. The van der Waals surface area contributed by atoms with Crippen LogP contribution in [0.5, 0.6) is 0 Å². The number of nitrogens with two attached hydrogens (primary N) is 1. The van der Waals surface area contributed by atoms with Gasteiger partial charge in [0, 0.05) is 7.11 Å². The molecule has 0 aliphatic carbocycles. The maximum Gasteiger partial charge on any atom is 0.416 e. The van der Waals surface area contributed by atoms with Crippen LogP contribution in [-0.4, -0.2) is 38.5 Å². The molecule has 0 aromatic carbocycles. The lowest BCUT2D eigenvalue weighted by atomic mass is 10.1. The first-order chi connectivity index (χ1) is 5.84.